The SMILES string of the molecule is Cc1nc2c(c(C(F)(F)F)n1)C[C@@H](C(=O)Nc1ncn[nH]1)CC2. The third-order valence-corrected chi connectivity index (χ3v) is 3.68. The van der Waals surface area contributed by atoms with E-state index in [0.29, 0.717) is 18.5 Å². The van der Waals surface area contributed by atoms with Crippen molar-refractivity contribution in [2.24, 2.45) is 5.92 Å². The van der Waals surface area contributed by atoms with Gasteiger partial charge in [-0.2, -0.15) is 23.3 Å². The minimum absolute atomic E-state index is 0.00655. The van der Waals surface area contributed by atoms with Crippen molar-refractivity contribution in [2.45, 2.75) is 32.4 Å². The Morgan fingerprint density at radius 3 is 2.83 bits per heavy atom. The van der Waals surface area contributed by atoms with Crippen LogP contribution in [0.1, 0.15) is 29.2 Å². The third-order valence-electron chi connectivity index (χ3n) is 3.68. The molecule has 0 radical (unpaired) electrons. The van der Waals surface area contributed by atoms with Gasteiger partial charge in [0.15, 0.2) is 5.69 Å². The number of alkyl halides is 3. The maximum absolute atomic E-state index is 13.2. The fourth-order valence-electron chi connectivity index (χ4n) is 2.68. The number of halogens is 3. The molecule has 7 nitrogen and oxygen atoms in total. The van der Waals surface area contributed by atoms with Crippen molar-refractivity contribution < 1.29 is 18.0 Å². The maximum Gasteiger partial charge on any atom is 0.433 e. The molecule has 0 fully saturated rings. The van der Waals surface area contributed by atoms with Crippen LogP contribution in [0, 0.1) is 12.8 Å². The van der Waals surface area contributed by atoms with Gasteiger partial charge in [0.1, 0.15) is 12.2 Å². The number of rotatable bonds is 2. The smallest absolute Gasteiger partial charge is 0.295 e. The third kappa shape index (κ3) is 3.15. The number of fused-ring (bicyclic) bond motifs is 1. The summed E-state index contributed by atoms with van der Waals surface area (Å²) in [5, 5.41) is 8.57. The van der Waals surface area contributed by atoms with Crippen molar-refractivity contribution >= 4 is 11.9 Å². The second kappa shape index (κ2) is 5.60. The zero-order chi connectivity index (χ0) is 16.6. The molecule has 0 spiro atoms. The zero-order valence-corrected chi connectivity index (χ0v) is 12.1. The van der Waals surface area contributed by atoms with Crippen LogP contribution < -0.4 is 5.32 Å². The summed E-state index contributed by atoms with van der Waals surface area (Å²) < 4.78 is 39.5. The molecular weight excluding hydrogens is 313 g/mol. The van der Waals surface area contributed by atoms with Crippen molar-refractivity contribution in [1.29, 1.82) is 0 Å². The van der Waals surface area contributed by atoms with Crippen LogP contribution in [0.25, 0.3) is 0 Å². The van der Waals surface area contributed by atoms with Gasteiger partial charge >= 0.3 is 6.18 Å². The van der Waals surface area contributed by atoms with Crippen molar-refractivity contribution in [3.05, 3.63) is 29.1 Å². The van der Waals surface area contributed by atoms with E-state index < -0.39 is 23.7 Å². The summed E-state index contributed by atoms with van der Waals surface area (Å²) in [6, 6.07) is 0. The summed E-state index contributed by atoms with van der Waals surface area (Å²) in [6.07, 6.45) is -2.67. The van der Waals surface area contributed by atoms with Gasteiger partial charge in [-0.3, -0.25) is 10.1 Å². The molecule has 1 amide bonds. The number of nitrogens with zero attached hydrogens (tertiary/aromatic N) is 4. The molecule has 0 unspecified atom stereocenters. The van der Waals surface area contributed by atoms with Crippen LogP contribution in [-0.4, -0.2) is 31.1 Å². The van der Waals surface area contributed by atoms with Crippen LogP contribution in [-0.2, 0) is 23.8 Å². The highest BCUT2D eigenvalue weighted by Crippen LogP contribution is 2.36. The van der Waals surface area contributed by atoms with Crippen molar-refractivity contribution in [2.75, 3.05) is 5.32 Å². The number of nitrogens with one attached hydrogen (secondary N) is 2. The molecule has 0 bridgehead atoms. The van der Waals surface area contributed by atoms with Crippen LogP contribution in [0.4, 0.5) is 19.1 Å². The number of anilines is 1. The van der Waals surface area contributed by atoms with Gasteiger partial charge in [-0.05, 0) is 26.2 Å². The number of amides is 1. The fourth-order valence-corrected chi connectivity index (χ4v) is 2.68. The van der Waals surface area contributed by atoms with E-state index in [-0.39, 0.29) is 23.8 Å². The summed E-state index contributed by atoms with van der Waals surface area (Å²) in [7, 11) is 0. The standard InChI is InChI=1S/C13H13F3N6O/c1-6-19-9-3-2-7(11(23)21-12-17-5-18-22-12)4-8(9)10(20-6)13(14,15)16/h5,7H,2-4H2,1H3,(H2,17,18,21,22,23)/t7-/m0/s1. The Hall–Kier alpha value is -2.52. The van der Waals surface area contributed by atoms with Crippen LogP contribution in [0.15, 0.2) is 6.33 Å². The van der Waals surface area contributed by atoms with Gasteiger partial charge in [0.2, 0.25) is 11.9 Å². The number of aromatic amines is 1. The second-order valence-corrected chi connectivity index (χ2v) is 5.31. The number of hydrogen-bond donors (Lipinski definition) is 2. The van der Waals surface area contributed by atoms with Gasteiger partial charge in [-0.15, -0.1) is 0 Å². The topological polar surface area (TPSA) is 96.5 Å². The molecule has 10 heteroatoms. The first-order valence-electron chi connectivity index (χ1n) is 6.94. The van der Waals surface area contributed by atoms with E-state index in [4.69, 9.17) is 0 Å². The Bertz CT molecular complexity index is 728. The minimum Gasteiger partial charge on any atom is -0.295 e. The van der Waals surface area contributed by atoms with Crippen molar-refractivity contribution in [3.63, 3.8) is 0 Å². The van der Waals surface area contributed by atoms with E-state index >= 15 is 0 Å². The molecule has 23 heavy (non-hydrogen) atoms. The van der Waals surface area contributed by atoms with Crippen molar-refractivity contribution in [3.8, 4) is 0 Å². The monoisotopic (exact) mass is 326 g/mol. The van der Waals surface area contributed by atoms with Crippen LogP contribution in [0.5, 0.6) is 0 Å². The fraction of sp³-hybridized carbons (Fsp3) is 0.462. The first-order chi connectivity index (χ1) is 10.8. The first-order valence-corrected chi connectivity index (χ1v) is 6.94. The number of H-pyrrole nitrogens is 1. The lowest BCUT2D eigenvalue weighted by Crippen LogP contribution is -2.31. The van der Waals surface area contributed by atoms with E-state index in [9.17, 15) is 18.0 Å². The van der Waals surface area contributed by atoms with E-state index in [1.54, 1.807) is 0 Å². The molecule has 0 saturated carbocycles. The summed E-state index contributed by atoms with van der Waals surface area (Å²) in [6.45, 7) is 1.43. The molecule has 2 heterocycles. The summed E-state index contributed by atoms with van der Waals surface area (Å²) >= 11 is 0. The van der Waals surface area contributed by atoms with E-state index in [1.165, 1.54) is 13.3 Å². The summed E-state index contributed by atoms with van der Waals surface area (Å²) in [5.41, 5.74) is -0.572. The molecule has 0 aromatic carbocycles. The lowest BCUT2D eigenvalue weighted by Gasteiger charge is -2.25. The van der Waals surface area contributed by atoms with Gasteiger partial charge in [0, 0.05) is 17.2 Å². The molecule has 1 atom stereocenters. The molecule has 0 saturated heterocycles. The van der Waals surface area contributed by atoms with Crippen LogP contribution >= 0.6 is 0 Å². The highest BCUT2D eigenvalue weighted by atomic mass is 19.4. The molecule has 3 rings (SSSR count). The molecule has 2 N–H and O–H groups in total. The average molecular weight is 326 g/mol. The van der Waals surface area contributed by atoms with Crippen LogP contribution in [0.3, 0.4) is 0 Å². The minimum atomic E-state index is -4.57. The maximum atomic E-state index is 13.2. The van der Waals surface area contributed by atoms with Gasteiger partial charge in [-0.1, -0.05) is 0 Å². The lowest BCUT2D eigenvalue weighted by atomic mass is 9.85. The summed E-state index contributed by atoms with van der Waals surface area (Å²) in [4.78, 5) is 23.6. The van der Waals surface area contributed by atoms with E-state index in [0.717, 1.165) is 0 Å². The lowest BCUT2D eigenvalue weighted by molar-refractivity contribution is -0.142. The van der Waals surface area contributed by atoms with E-state index in [2.05, 4.69) is 30.5 Å². The van der Waals surface area contributed by atoms with Gasteiger partial charge < -0.3 is 0 Å². The molecule has 1 aliphatic carbocycles. The molecule has 0 aliphatic heterocycles. The van der Waals surface area contributed by atoms with E-state index in [1.807, 2.05) is 0 Å². The highest BCUT2D eigenvalue weighted by molar-refractivity contribution is 5.91. The predicted octanol–water partition coefficient (Wildman–Crippen LogP) is 1.67. The Balaban J connectivity index is 1.86. The Morgan fingerprint density at radius 1 is 1.39 bits per heavy atom. The van der Waals surface area contributed by atoms with Crippen molar-refractivity contribution in [1.82, 2.24) is 25.1 Å². The Kier molecular flexibility index (Phi) is 3.74. The molecule has 2 aromatic heterocycles. The van der Waals surface area contributed by atoms with Gasteiger partial charge in [0.25, 0.3) is 0 Å². The van der Waals surface area contributed by atoms with Gasteiger partial charge in [0.05, 0.1) is 0 Å². The summed E-state index contributed by atoms with van der Waals surface area (Å²) in [5.74, 6) is -0.751. The first kappa shape index (κ1) is 15.4. The molecule has 122 valence electrons. The van der Waals surface area contributed by atoms with Gasteiger partial charge in [-0.25, -0.2) is 15.1 Å². The second-order valence-electron chi connectivity index (χ2n) is 5.31. The number of aryl methyl sites for hydroxylation is 2. The predicted molar refractivity (Wildman–Crippen MR) is 72.3 cm³/mol. The molecular formula is C13H13F3N6O. The Morgan fingerprint density at radius 2 is 2.17 bits per heavy atom. The molecule has 1 aliphatic rings. The normalized spacial score (nSPS) is 17.7. The number of carbonyl (C=O) groups is 1. The quantitative estimate of drug-likeness (QED) is 0.875. The highest BCUT2D eigenvalue weighted by Gasteiger charge is 2.39. The average Bonchev–Trinajstić information content (AvgIpc) is 2.97. The number of aromatic nitrogens is 5. The van der Waals surface area contributed by atoms with Crippen LogP contribution in [0.2, 0.25) is 0 Å². The number of hydrogen-bond acceptors (Lipinski definition) is 5. The Labute approximate surface area is 128 Å². The largest absolute Gasteiger partial charge is 0.433 e. The number of carbonyl (C=O) groups excluding carboxylic acids is 1. The molecule has 2 aromatic rings. The zero-order valence-electron chi connectivity index (χ0n) is 12.1.